The molecule has 0 bridgehead atoms. The Morgan fingerprint density at radius 1 is 1.47 bits per heavy atom. The van der Waals surface area contributed by atoms with E-state index in [9.17, 15) is 13.0 Å². The Morgan fingerprint density at radius 3 is 2.95 bits per heavy atom. The van der Waals surface area contributed by atoms with Crippen LogP contribution < -0.4 is 5.32 Å². The van der Waals surface area contributed by atoms with E-state index < -0.39 is 22.4 Å². The van der Waals surface area contributed by atoms with Gasteiger partial charge in [0.1, 0.15) is 11.6 Å². The summed E-state index contributed by atoms with van der Waals surface area (Å²) < 4.78 is 44.3. The number of hydrogen-bond acceptors (Lipinski definition) is 3. The average Bonchev–Trinajstić information content (AvgIpc) is 2.39. The molecule has 1 fully saturated rings. The highest BCUT2D eigenvalue weighted by atomic mass is 32.2. The lowest BCUT2D eigenvalue weighted by Crippen LogP contribution is -2.48. The van der Waals surface area contributed by atoms with E-state index in [1.165, 1.54) is 6.07 Å². The van der Waals surface area contributed by atoms with Crippen molar-refractivity contribution in [3.8, 4) is 0 Å². The Hall–Kier alpha value is -0.850. The zero-order chi connectivity index (χ0) is 13.8. The van der Waals surface area contributed by atoms with Crippen molar-refractivity contribution in [2.24, 2.45) is 0 Å². The van der Waals surface area contributed by atoms with Crippen LogP contribution >= 0.6 is 0 Å². The van der Waals surface area contributed by atoms with Crippen LogP contribution in [-0.2, 0) is 15.5 Å². The van der Waals surface area contributed by atoms with Crippen molar-refractivity contribution in [3.63, 3.8) is 0 Å². The molecule has 0 amide bonds. The normalized spacial score (nSPS) is 25.2. The molecule has 3 atom stereocenters. The zero-order valence-corrected chi connectivity index (χ0v) is 11.5. The van der Waals surface area contributed by atoms with Crippen molar-refractivity contribution in [2.45, 2.75) is 29.5 Å². The molecule has 0 radical (unpaired) electrons. The van der Waals surface area contributed by atoms with Gasteiger partial charge in [-0.05, 0) is 25.1 Å². The summed E-state index contributed by atoms with van der Waals surface area (Å²) in [5.41, 5.74) is 0. The van der Waals surface area contributed by atoms with Gasteiger partial charge in [0.2, 0.25) is 0 Å². The molecule has 1 heterocycles. The first-order valence-corrected chi connectivity index (χ1v) is 7.51. The standard InChI is InChI=1S/C13H17F2NO2S/c1-2-16-11-5-6-18-8-13(11)19(17)12-4-3-9(14)7-10(12)15/h3-4,7,11,13,16H,2,5-6,8H2,1H3. The van der Waals surface area contributed by atoms with E-state index in [1.807, 2.05) is 6.92 Å². The predicted molar refractivity (Wildman–Crippen MR) is 69.5 cm³/mol. The van der Waals surface area contributed by atoms with Crippen LogP contribution in [0.1, 0.15) is 13.3 Å². The summed E-state index contributed by atoms with van der Waals surface area (Å²) >= 11 is 0. The van der Waals surface area contributed by atoms with E-state index in [-0.39, 0.29) is 16.2 Å². The average molecular weight is 289 g/mol. The molecule has 0 aliphatic carbocycles. The third-order valence-electron chi connectivity index (χ3n) is 3.16. The third-order valence-corrected chi connectivity index (χ3v) is 4.94. The minimum Gasteiger partial charge on any atom is -0.380 e. The Bertz CT molecular complexity index is 468. The van der Waals surface area contributed by atoms with Gasteiger partial charge in [-0.15, -0.1) is 0 Å². The topological polar surface area (TPSA) is 38.3 Å². The summed E-state index contributed by atoms with van der Waals surface area (Å²) in [6.07, 6.45) is 0.743. The highest BCUT2D eigenvalue weighted by Gasteiger charge is 2.32. The van der Waals surface area contributed by atoms with Crippen LogP contribution in [0, 0.1) is 11.6 Å². The zero-order valence-electron chi connectivity index (χ0n) is 10.7. The van der Waals surface area contributed by atoms with E-state index in [0.717, 1.165) is 25.1 Å². The van der Waals surface area contributed by atoms with Crippen molar-refractivity contribution < 1.29 is 17.7 Å². The predicted octanol–water partition coefficient (Wildman–Crippen LogP) is 1.84. The Morgan fingerprint density at radius 2 is 2.26 bits per heavy atom. The quantitative estimate of drug-likeness (QED) is 0.919. The van der Waals surface area contributed by atoms with E-state index in [0.29, 0.717) is 13.2 Å². The lowest BCUT2D eigenvalue weighted by molar-refractivity contribution is 0.0824. The molecule has 6 heteroatoms. The Labute approximate surface area is 113 Å². The van der Waals surface area contributed by atoms with Crippen LogP contribution in [0.4, 0.5) is 8.78 Å². The monoisotopic (exact) mass is 289 g/mol. The van der Waals surface area contributed by atoms with Gasteiger partial charge in [-0.2, -0.15) is 0 Å². The van der Waals surface area contributed by atoms with E-state index in [1.54, 1.807) is 0 Å². The molecular weight excluding hydrogens is 272 g/mol. The maximum Gasteiger partial charge on any atom is 0.142 e. The number of benzene rings is 1. The van der Waals surface area contributed by atoms with Gasteiger partial charge in [0.15, 0.2) is 0 Å². The molecule has 1 aliphatic rings. The molecule has 1 aromatic carbocycles. The largest absolute Gasteiger partial charge is 0.380 e. The number of nitrogens with one attached hydrogen (secondary N) is 1. The first-order chi connectivity index (χ1) is 9.13. The third kappa shape index (κ3) is 3.38. The molecule has 19 heavy (non-hydrogen) atoms. The minimum atomic E-state index is -1.55. The number of rotatable bonds is 4. The number of halogens is 2. The summed E-state index contributed by atoms with van der Waals surface area (Å²) in [5, 5.41) is 2.94. The Balaban J connectivity index is 2.21. The molecule has 1 aromatic rings. The molecule has 0 aromatic heterocycles. The van der Waals surface area contributed by atoms with Gasteiger partial charge < -0.3 is 10.1 Å². The van der Waals surface area contributed by atoms with Crippen LogP contribution in [0.2, 0.25) is 0 Å². The maximum atomic E-state index is 13.7. The summed E-state index contributed by atoms with van der Waals surface area (Å²) in [5.74, 6) is -1.43. The van der Waals surface area contributed by atoms with Gasteiger partial charge in [0, 0.05) is 18.7 Å². The second kappa shape index (κ2) is 6.54. The summed E-state index contributed by atoms with van der Waals surface area (Å²) in [6, 6.07) is 3.17. The second-order valence-corrected chi connectivity index (χ2v) is 6.08. The molecule has 1 saturated heterocycles. The van der Waals surface area contributed by atoms with Gasteiger partial charge in [0.05, 0.1) is 27.6 Å². The molecule has 1 N–H and O–H groups in total. The van der Waals surface area contributed by atoms with Crippen molar-refractivity contribution in [3.05, 3.63) is 29.8 Å². The van der Waals surface area contributed by atoms with Gasteiger partial charge in [-0.1, -0.05) is 6.92 Å². The van der Waals surface area contributed by atoms with E-state index in [4.69, 9.17) is 4.74 Å². The minimum absolute atomic E-state index is 0.0315. The summed E-state index contributed by atoms with van der Waals surface area (Å²) in [7, 11) is -1.55. The van der Waals surface area contributed by atoms with E-state index >= 15 is 0 Å². The van der Waals surface area contributed by atoms with Crippen molar-refractivity contribution in [1.29, 1.82) is 0 Å². The number of ether oxygens (including phenoxy) is 1. The summed E-state index contributed by atoms with van der Waals surface area (Å²) in [6.45, 7) is 3.65. The molecule has 0 spiro atoms. The summed E-state index contributed by atoms with van der Waals surface area (Å²) in [4.78, 5) is 0.0415. The lowest BCUT2D eigenvalue weighted by Gasteiger charge is -2.31. The first-order valence-electron chi connectivity index (χ1n) is 6.30. The van der Waals surface area contributed by atoms with Crippen LogP contribution in [0.25, 0.3) is 0 Å². The highest BCUT2D eigenvalue weighted by molar-refractivity contribution is 7.85. The maximum absolute atomic E-state index is 13.7. The number of hydrogen-bond donors (Lipinski definition) is 1. The fourth-order valence-electron chi connectivity index (χ4n) is 2.22. The van der Waals surface area contributed by atoms with Crippen molar-refractivity contribution in [1.82, 2.24) is 5.32 Å². The van der Waals surface area contributed by atoms with Gasteiger partial charge in [-0.3, -0.25) is 4.21 Å². The Kier molecular flexibility index (Phi) is 5.01. The SMILES string of the molecule is CCNC1CCOCC1S(=O)c1ccc(F)cc1F. The van der Waals surface area contributed by atoms with Crippen molar-refractivity contribution >= 4 is 10.8 Å². The smallest absolute Gasteiger partial charge is 0.142 e. The second-order valence-electron chi connectivity index (χ2n) is 4.44. The van der Waals surface area contributed by atoms with Crippen LogP contribution in [0.15, 0.2) is 23.1 Å². The molecule has 3 unspecified atom stereocenters. The molecule has 3 nitrogen and oxygen atoms in total. The molecule has 2 rings (SSSR count). The molecule has 106 valence electrons. The van der Waals surface area contributed by atoms with Gasteiger partial charge in [-0.25, -0.2) is 8.78 Å². The van der Waals surface area contributed by atoms with Crippen molar-refractivity contribution in [2.75, 3.05) is 19.8 Å². The fourth-order valence-corrected chi connectivity index (χ4v) is 3.75. The van der Waals surface area contributed by atoms with Gasteiger partial charge >= 0.3 is 0 Å². The van der Waals surface area contributed by atoms with E-state index in [2.05, 4.69) is 5.32 Å². The van der Waals surface area contributed by atoms with Gasteiger partial charge in [0.25, 0.3) is 0 Å². The fraction of sp³-hybridized carbons (Fsp3) is 0.538. The molecule has 1 aliphatic heterocycles. The van der Waals surface area contributed by atoms with Crippen LogP contribution in [-0.4, -0.2) is 35.3 Å². The first kappa shape index (κ1) is 14.6. The molecular formula is C13H17F2NO2S. The highest BCUT2D eigenvalue weighted by Crippen LogP contribution is 2.22. The lowest BCUT2D eigenvalue weighted by atomic mass is 10.1. The van der Waals surface area contributed by atoms with Crippen LogP contribution in [0.5, 0.6) is 0 Å². The van der Waals surface area contributed by atoms with Crippen LogP contribution in [0.3, 0.4) is 0 Å². The molecule has 0 saturated carbocycles.